The molecule has 2 nitrogen and oxygen atoms in total. The number of halogens is 2. The summed E-state index contributed by atoms with van der Waals surface area (Å²) < 4.78 is 0.848. The first-order valence-corrected chi connectivity index (χ1v) is 7.06. The first kappa shape index (κ1) is 12.9. The highest BCUT2D eigenvalue weighted by Gasteiger charge is 2.28. The van der Waals surface area contributed by atoms with E-state index in [9.17, 15) is 4.79 Å². The van der Waals surface area contributed by atoms with Gasteiger partial charge in [-0.1, -0.05) is 34.5 Å². The summed E-state index contributed by atoms with van der Waals surface area (Å²) in [6.45, 7) is 2.99. The molecule has 1 aromatic carbocycles. The third-order valence-electron chi connectivity index (χ3n) is 3.22. The molecule has 17 heavy (non-hydrogen) atoms. The molecule has 92 valence electrons. The van der Waals surface area contributed by atoms with Crippen LogP contribution >= 0.6 is 27.5 Å². The Labute approximate surface area is 115 Å². The van der Waals surface area contributed by atoms with Crippen molar-refractivity contribution in [2.45, 2.75) is 32.2 Å². The van der Waals surface area contributed by atoms with E-state index in [4.69, 9.17) is 11.6 Å². The van der Waals surface area contributed by atoms with Gasteiger partial charge in [0.15, 0.2) is 0 Å². The number of carbonyl (C=O) groups excluding carboxylic acids is 1. The lowest BCUT2D eigenvalue weighted by atomic mass is 10.1. The lowest BCUT2D eigenvalue weighted by Gasteiger charge is -2.23. The van der Waals surface area contributed by atoms with Crippen LogP contribution in [0.3, 0.4) is 0 Å². The Bertz CT molecular complexity index is 415. The van der Waals surface area contributed by atoms with E-state index in [0.717, 1.165) is 30.3 Å². The minimum absolute atomic E-state index is 0.0950. The zero-order valence-electron chi connectivity index (χ0n) is 9.75. The van der Waals surface area contributed by atoms with Crippen LogP contribution < -0.4 is 0 Å². The van der Waals surface area contributed by atoms with Gasteiger partial charge >= 0.3 is 0 Å². The molecule has 0 N–H and O–H groups in total. The topological polar surface area (TPSA) is 20.3 Å². The molecule has 0 bridgehead atoms. The SMILES string of the molecule is CCC1CCCN1C(=O)c1cc(Cl)cc(Br)c1. The fourth-order valence-electron chi connectivity index (χ4n) is 2.37. The molecule has 1 atom stereocenters. The molecular formula is C13H15BrClNO. The summed E-state index contributed by atoms with van der Waals surface area (Å²) >= 11 is 9.34. The summed E-state index contributed by atoms with van der Waals surface area (Å²) in [5.74, 6) is 0.0950. The van der Waals surface area contributed by atoms with Gasteiger partial charge in [0.2, 0.25) is 0 Å². The molecule has 0 aliphatic carbocycles. The summed E-state index contributed by atoms with van der Waals surface area (Å²) in [4.78, 5) is 14.3. The molecule has 0 spiro atoms. The Morgan fingerprint density at radius 3 is 2.94 bits per heavy atom. The average molecular weight is 317 g/mol. The van der Waals surface area contributed by atoms with Crippen molar-refractivity contribution in [2.24, 2.45) is 0 Å². The lowest BCUT2D eigenvalue weighted by molar-refractivity contribution is 0.0733. The molecule has 1 aliphatic heterocycles. The Morgan fingerprint density at radius 2 is 2.29 bits per heavy atom. The first-order valence-electron chi connectivity index (χ1n) is 5.89. The highest BCUT2D eigenvalue weighted by Crippen LogP contribution is 2.25. The molecule has 1 fully saturated rings. The number of benzene rings is 1. The largest absolute Gasteiger partial charge is 0.336 e. The zero-order chi connectivity index (χ0) is 12.4. The number of carbonyl (C=O) groups is 1. The maximum atomic E-state index is 12.4. The van der Waals surface area contributed by atoms with Crippen molar-refractivity contribution >= 4 is 33.4 Å². The predicted molar refractivity (Wildman–Crippen MR) is 73.5 cm³/mol. The van der Waals surface area contributed by atoms with Gasteiger partial charge in [-0.2, -0.15) is 0 Å². The van der Waals surface area contributed by atoms with Crippen molar-refractivity contribution in [3.63, 3.8) is 0 Å². The van der Waals surface area contributed by atoms with Crippen LogP contribution in [-0.2, 0) is 0 Å². The normalized spacial score (nSPS) is 19.7. The van der Waals surface area contributed by atoms with Crippen molar-refractivity contribution in [1.82, 2.24) is 4.90 Å². The Kier molecular flexibility index (Phi) is 4.10. The second-order valence-corrected chi connectivity index (χ2v) is 5.71. The maximum absolute atomic E-state index is 12.4. The van der Waals surface area contributed by atoms with Crippen LogP contribution in [0.1, 0.15) is 36.5 Å². The third-order valence-corrected chi connectivity index (χ3v) is 3.89. The highest BCUT2D eigenvalue weighted by atomic mass is 79.9. The van der Waals surface area contributed by atoms with E-state index in [1.54, 1.807) is 12.1 Å². The zero-order valence-corrected chi connectivity index (χ0v) is 12.1. The molecule has 0 aromatic heterocycles. The van der Waals surface area contributed by atoms with Gasteiger partial charge in [0.05, 0.1) is 0 Å². The van der Waals surface area contributed by atoms with Gasteiger partial charge in [0, 0.05) is 27.6 Å². The second kappa shape index (κ2) is 5.40. The van der Waals surface area contributed by atoms with Crippen LogP contribution in [0, 0.1) is 0 Å². The van der Waals surface area contributed by atoms with Crippen LogP contribution in [0.25, 0.3) is 0 Å². The standard InChI is InChI=1S/C13H15BrClNO/c1-2-12-4-3-5-16(12)13(17)9-6-10(14)8-11(15)7-9/h6-8,12H,2-5H2,1H3. The minimum atomic E-state index is 0.0950. The van der Waals surface area contributed by atoms with Gasteiger partial charge in [0.1, 0.15) is 0 Å². The molecule has 0 saturated carbocycles. The number of rotatable bonds is 2. The van der Waals surface area contributed by atoms with Crippen LogP contribution in [0.4, 0.5) is 0 Å². The van der Waals surface area contributed by atoms with E-state index in [1.807, 2.05) is 11.0 Å². The van der Waals surface area contributed by atoms with Crippen LogP contribution in [-0.4, -0.2) is 23.4 Å². The Hall–Kier alpha value is -0.540. The Balaban J connectivity index is 2.24. The number of likely N-dealkylation sites (tertiary alicyclic amines) is 1. The molecule has 1 unspecified atom stereocenters. The minimum Gasteiger partial charge on any atom is -0.336 e. The number of amides is 1. The summed E-state index contributed by atoms with van der Waals surface area (Å²) in [6.07, 6.45) is 3.24. The fourth-order valence-corrected chi connectivity index (χ4v) is 3.23. The van der Waals surface area contributed by atoms with Crippen molar-refractivity contribution < 1.29 is 4.79 Å². The quantitative estimate of drug-likeness (QED) is 0.804. The van der Waals surface area contributed by atoms with Crippen molar-refractivity contribution in [2.75, 3.05) is 6.54 Å². The van der Waals surface area contributed by atoms with E-state index < -0.39 is 0 Å². The van der Waals surface area contributed by atoms with Crippen LogP contribution in [0.15, 0.2) is 22.7 Å². The summed E-state index contributed by atoms with van der Waals surface area (Å²) in [5.41, 5.74) is 0.671. The van der Waals surface area contributed by atoms with E-state index in [2.05, 4.69) is 22.9 Å². The number of hydrogen-bond donors (Lipinski definition) is 0. The lowest BCUT2D eigenvalue weighted by Crippen LogP contribution is -2.35. The van der Waals surface area contributed by atoms with Crippen molar-refractivity contribution in [1.29, 1.82) is 0 Å². The monoisotopic (exact) mass is 315 g/mol. The van der Waals surface area contributed by atoms with Crippen LogP contribution in [0.5, 0.6) is 0 Å². The second-order valence-electron chi connectivity index (χ2n) is 4.36. The van der Waals surface area contributed by atoms with Gasteiger partial charge in [-0.05, 0) is 37.5 Å². The smallest absolute Gasteiger partial charge is 0.254 e. The van der Waals surface area contributed by atoms with Gasteiger partial charge in [-0.3, -0.25) is 4.79 Å². The summed E-state index contributed by atoms with van der Waals surface area (Å²) in [6, 6.07) is 5.75. The van der Waals surface area contributed by atoms with Crippen LogP contribution in [0.2, 0.25) is 5.02 Å². The summed E-state index contributed by atoms with van der Waals surface area (Å²) in [7, 11) is 0. The molecule has 4 heteroatoms. The highest BCUT2D eigenvalue weighted by molar-refractivity contribution is 9.10. The molecule has 1 saturated heterocycles. The van der Waals surface area contributed by atoms with E-state index in [-0.39, 0.29) is 5.91 Å². The molecule has 1 heterocycles. The molecule has 2 rings (SSSR count). The van der Waals surface area contributed by atoms with Gasteiger partial charge in [0.25, 0.3) is 5.91 Å². The van der Waals surface area contributed by atoms with Gasteiger partial charge < -0.3 is 4.90 Å². The van der Waals surface area contributed by atoms with Crippen molar-refractivity contribution in [3.8, 4) is 0 Å². The first-order chi connectivity index (χ1) is 8.11. The van der Waals surface area contributed by atoms with Crippen molar-refractivity contribution in [3.05, 3.63) is 33.3 Å². The molecule has 1 aliphatic rings. The molecular weight excluding hydrogens is 302 g/mol. The van der Waals surface area contributed by atoms with E-state index in [1.165, 1.54) is 0 Å². The van der Waals surface area contributed by atoms with E-state index in [0.29, 0.717) is 16.6 Å². The average Bonchev–Trinajstić information content (AvgIpc) is 2.74. The van der Waals surface area contributed by atoms with Gasteiger partial charge in [-0.25, -0.2) is 0 Å². The van der Waals surface area contributed by atoms with Gasteiger partial charge in [-0.15, -0.1) is 0 Å². The fraction of sp³-hybridized carbons (Fsp3) is 0.462. The Morgan fingerprint density at radius 1 is 1.53 bits per heavy atom. The number of nitrogens with zero attached hydrogens (tertiary/aromatic N) is 1. The van der Waals surface area contributed by atoms with E-state index >= 15 is 0 Å². The maximum Gasteiger partial charge on any atom is 0.254 e. The number of hydrogen-bond acceptors (Lipinski definition) is 1. The third kappa shape index (κ3) is 2.83. The molecule has 1 aromatic rings. The summed E-state index contributed by atoms with van der Waals surface area (Å²) in [5, 5.41) is 0.593. The predicted octanol–water partition coefficient (Wildman–Crippen LogP) is 4.12. The molecule has 0 radical (unpaired) electrons. The molecule has 1 amide bonds.